The van der Waals surface area contributed by atoms with Crippen LogP contribution in [0.2, 0.25) is 0 Å². The van der Waals surface area contributed by atoms with E-state index in [0.717, 1.165) is 41.7 Å². The number of likely N-dealkylation sites (tertiary alicyclic amines) is 1. The second-order valence-corrected chi connectivity index (χ2v) is 7.71. The molecule has 1 amide bonds. The maximum atomic E-state index is 12.8. The van der Waals surface area contributed by atoms with Crippen LogP contribution in [0.5, 0.6) is 11.5 Å². The maximum absolute atomic E-state index is 12.8. The third-order valence-electron chi connectivity index (χ3n) is 5.33. The molecule has 0 bridgehead atoms. The Morgan fingerprint density at radius 2 is 2.00 bits per heavy atom. The molecule has 3 aromatic rings. The molecular weight excluding hydrogens is 410 g/mol. The predicted molar refractivity (Wildman–Crippen MR) is 118 cm³/mol. The molecule has 0 aliphatic carbocycles. The summed E-state index contributed by atoms with van der Waals surface area (Å²) in [5, 5.41) is 10.5. The van der Waals surface area contributed by atoms with Crippen molar-refractivity contribution in [2.75, 3.05) is 25.4 Å². The lowest BCUT2D eigenvalue weighted by molar-refractivity contribution is -0.191. The number of carbonyl (C=O) groups excluding carboxylic acids is 3. The zero-order valence-electron chi connectivity index (χ0n) is 17.8. The lowest BCUT2D eigenvalue weighted by atomic mass is 9.98. The van der Waals surface area contributed by atoms with Crippen LogP contribution in [0.4, 0.5) is 5.69 Å². The number of phenols is 1. The van der Waals surface area contributed by atoms with Gasteiger partial charge in [0.15, 0.2) is 0 Å². The number of nitrogens with zero attached hydrogens (tertiary/aromatic N) is 2. The number of fused-ring (bicyclic) bond motifs is 1. The van der Waals surface area contributed by atoms with Crippen molar-refractivity contribution < 1.29 is 24.2 Å². The van der Waals surface area contributed by atoms with Gasteiger partial charge in [-0.25, -0.2) is 0 Å². The highest BCUT2D eigenvalue weighted by Gasteiger charge is 2.25. The van der Waals surface area contributed by atoms with Crippen molar-refractivity contribution in [2.24, 2.45) is 5.92 Å². The first kappa shape index (κ1) is 22.8. The van der Waals surface area contributed by atoms with Gasteiger partial charge in [-0.1, -0.05) is 12.1 Å². The van der Waals surface area contributed by atoms with Gasteiger partial charge in [0.05, 0.1) is 17.5 Å². The predicted octanol–water partition coefficient (Wildman–Crippen LogP) is 3.18. The smallest absolute Gasteiger partial charge is 0.373 e. The largest absolute Gasteiger partial charge is 0.508 e. The highest BCUT2D eigenvalue weighted by Crippen LogP contribution is 2.31. The van der Waals surface area contributed by atoms with Crippen LogP contribution in [0, 0.1) is 12.8 Å². The summed E-state index contributed by atoms with van der Waals surface area (Å²) in [5.74, 6) is 1.01. The van der Waals surface area contributed by atoms with E-state index in [4.69, 9.17) is 20.1 Å². The van der Waals surface area contributed by atoms with Crippen molar-refractivity contribution in [1.82, 2.24) is 9.88 Å². The van der Waals surface area contributed by atoms with Gasteiger partial charge in [0.2, 0.25) is 0 Å². The van der Waals surface area contributed by atoms with E-state index >= 15 is 0 Å². The number of phenolic OH excluding ortho intramolecular Hbond substituents is 1. The molecule has 8 nitrogen and oxygen atoms in total. The number of pyridine rings is 1. The third kappa shape index (κ3) is 5.42. The molecule has 2 heterocycles. The van der Waals surface area contributed by atoms with Gasteiger partial charge in [0.25, 0.3) is 5.91 Å². The average molecular weight is 435 g/mol. The number of piperidine rings is 1. The van der Waals surface area contributed by atoms with Crippen molar-refractivity contribution >= 4 is 28.6 Å². The fourth-order valence-electron chi connectivity index (χ4n) is 3.96. The minimum atomic E-state index is -0.0559. The van der Waals surface area contributed by atoms with Crippen LogP contribution in [0.3, 0.4) is 0 Å². The van der Waals surface area contributed by atoms with Crippen LogP contribution in [0.1, 0.15) is 28.9 Å². The number of rotatable bonds is 4. The summed E-state index contributed by atoms with van der Waals surface area (Å²) in [7, 11) is 0. The molecular formula is C24H25N3O5. The SMILES string of the molecule is Cc1cc(N)c2c(OCC3CCCN(C(=O)c4cccc(O)c4)C3)cccc2n1.O=C=O. The van der Waals surface area contributed by atoms with Crippen LogP contribution >= 0.6 is 0 Å². The number of nitrogens with two attached hydrogens (primary N) is 1. The first-order chi connectivity index (χ1) is 15.4. The highest BCUT2D eigenvalue weighted by molar-refractivity contribution is 5.96. The van der Waals surface area contributed by atoms with Gasteiger partial charge in [0.1, 0.15) is 11.5 Å². The zero-order chi connectivity index (χ0) is 23.1. The van der Waals surface area contributed by atoms with E-state index < -0.39 is 0 Å². The molecule has 1 saturated heterocycles. The number of nitrogen functional groups attached to an aromatic ring is 1. The van der Waals surface area contributed by atoms with Gasteiger partial charge < -0.3 is 20.5 Å². The van der Waals surface area contributed by atoms with E-state index in [2.05, 4.69) is 4.98 Å². The molecule has 1 aliphatic heterocycles. The standard InChI is InChI=1S/C23H25N3O3.CO2/c1-15-11-19(24)22-20(25-15)8-3-9-21(22)29-14-16-5-4-10-26(13-16)23(28)17-6-2-7-18(27)12-17;2-1-3/h2-3,6-9,11-12,16,27H,4-5,10,13-14H2,1H3,(H2,24,25);. The van der Waals surface area contributed by atoms with Crippen LogP contribution < -0.4 is 10.5 Å². The Balaban J connectivity index is 0.000000913. The summed E-state index contributed by atoms with van der Waals surface area (Å²) in [5.41, 5.74) is 9.08. The number of aryl methyl sites for hydroxylation is 1. The quantitative estimate of drug-likeness (QED) is 0.645. The molecule has 166 valence electrons. The molecule has 32 heavy (non-hydrogen) atoms. The molecule has 1 aromatic heterocycles. The maximum Gasteiger partial charge on any atom is 0.373 e. The second kappa shape index (κ2) is 10.4. The van der Waals surface area contributed by atoms with Gasteiger partial charge in [-0.2, -0.15) is 9.59 Å². The Morgan fingerprint density at radius 3 is 2.75 bits per heavy atom. The summed E-state index contributed by atoms with van der Waals surface area (Å²) in [4.78, 5) is 35.4. The number of ether oxygens (including phenoxy) is 1. The number of hydrogen-bond acceptors (Lipinski definition) is 7. The number of carbonyl (C=O) groups is 1. The first-order valence-corrected chi connectivity index (χ1v) is 10.3. The minimum Gasteiger partial charge on any atom is -0.508 e. The zero-order valence-corrected chi connectivity index (χ0v) is 17.8. The number of benzene rings is 2. The van der Waals surface area contributed by atoms with Crippen molar-refractivity contribution in [1.29, 1.82) is 0 Å². The summed E-state index contributed by atoms with van der Waals surface area (Å²) in [6.45, 7) is 3.78. The van der Waals surface area contributed by atoms with Crippen LogP contribution in [-0.2, 0) is 9.59 Å². The van der Waals surface area contributed by atoms with Crippen LogP contribution in [0.25, 0.3) is 10.9 Å². The molecule has 0 saturated carbocycles. The van der Waals surface area contributed by atoms with E-state index in [1.54, 1.807) is 18.2 Å². The molecule has 4 rings (SSSR count). The van der Waals surface area contributed by atoms with E-state index in [0.29, 0.717) is 24.4 Å². The first-order valence-electron chi connectivity index (χ1n) is 10.3. The fraction of sp³-hybridized carbons (Fsp3) is 0.292. The molecule has 2 aromatic carbocycles. The van der Waals surface area contributed by atoms with Crippen molar-refractivity contribution in [2.45, 2.75) is 19.8 Å². The number of amides is 1. The molecule has 3 N–H and O–H groups in total. The Labute approximate surface area is 185 Å². The van der Waals surface area contributed by atoms with Crippen LogP contribution in [0.15, 0.2) is 48.5 Å². The topological polar surface area (TPSA) is 123 Å². The van der Waals surface area contributed by atoms with Crippen LogP contribution in [-0.4, -0.2) is 46.7 Å². The highest BCUT2D eigenvalue weighted by atomic mass is 16.5. The second-order valence-electron chi connectivity index (χ2n) is 7.71. The van der Waals surface area contributed by atoms with E-state index in [1.807, 2.05) is 36.1 Å². The summed E-state index contributed by atoms with van der Waals surface area (Å²) < 4.78 is 6.13. The van der Waals surface area contributed by atoms with Gasteiger partial charge in [-0.15, -0.1) is 0 Å². The fourth-order valence-corrected chi connectivity index (χ4v) is 3.96. The number of aromatic nitrogens is 1. The van der Waals surface area contributed by atoms with Crippen molar-refractivity contribution in [3.05, 3.63) is 59.8 Å². The van der Waals surface area contributed by atoms with Crippen molar-refractivity contribution in [3.8, 4) is 11.5 Å². The lowest BCUT2D eigenvalue weighted by Crippen LogP contribution is -2.41. The molecule has 0 radical (unpaired) electrons. The molecule has 1 unspecified atom stereocenters. The van der Waals surface area contributed by atoms with E-state index in [-0.39, 0.29) is 23.7 Å². The lowest BCUT2D eigenvalue weighted by Gasteiger charge is -2.32. The molecule has 8 heteroatoms. The summed E-state index contributed by atoms with van der Waals surface area (Å²) >= 11 is 0. The van der Waals surface area contributed by atoms with Gasteiger partial charge in [-0.3, -0.25) is 9.78 Å². The van der Waals surface area contributed by atoms with Crippen molar-refractivity contribution in [3.63, 3.8) is 0 Å². The summed E-state index contributed by atoms with van der Waals surface area (Å²) in [6.07, 6.45) is 2.18. The normalized spacial score (nSPS) is 15.4. The number of hydrogen-bond donors (Lipinski definition) is 2. The summed E-state index contributed by atoms with van der Waals surface area (Å²) in [6, 6.07) is 14.1. The molecule has 1 fully saturated rings. The number of aromatic hydroxyl groups is 1. The molecule has 1 atom stereocenters. The number of anilines is 1. The Hall–Kier alpha value is -3.90. The Kier molecular flexibility index (Phi) is 7.41. The minimum absolute atomic E-state index is 0.0559. The monoisotopic (exact) mass is 435 g/mol. The van der Waals surface area contributed by atoms with E-state index in [1.165, 1.54) is 6.07 Å². The molecule has 1 aliphatic rings. The Bertz CT molecular complexity index is 1140. The molecule has 0 spiro atoms. The third-order valence-corrected chi connectivity index (χ3v) is 5.33. The van der Waals surface area contributed by atoms with Gasteiger partial charge >= 0.3 is 6.15 Å². The Morgan fingerprint density at radius 1 is 1.25 bits per heavy atom. The van der Waals surface area contributed by atoms with Gasteiger partial charge in [0, 0.05) is 36.0 Å². The average Bonchev–Trinajstić information content (AvgIpc) is 2.77. The van der Waals surface area contributed by atoms with Gasteiger partial charge in [-0.05, 0) is 56.2 Å². The van der Waals surface area contributed by atoms with E-state index in [9.17, 15) is 9.90 Å².